The molecule has 1 saturated heterocycles. The molecule has 3 rings (SSSR count). The molecule has 1 saturated carbocycles. The number of piperidine rings is 1. The Bertz CT molecular complexity index is 444. The summed E-state index contributed by atoms with van der Waals surface area (Å²) in [5, 5.41) is 3.51. The van der Waals surface area contributed by atoms with Gasteiger partial charge in [0.1, 0.15) is 12.1 Å². The zero-order chi connectivity index (χ0) is 14.5. The van der Waals surface area contributed by atoms with Gasteiger partial charge in [0.15, 0.2) is 0 Å². The fourth-order valence-corrected chi connectivity index (χ4v) is 2.95. The molecule has 0 radical (unpaired) electrons. The molecule has 1 aromatic heterocycles. The minimum atomic E-state index is 0.667. The number of nitrogens with zero attached hydrogens (tertiary/aromatic N) is 3. The maximum absolute atomic E-state index is 5.65. The van der Waals surface area contributed by atoms with Crippen LogP contribution >= 0.6 is 0 Å². The van der Waals surface area contributed by atoms with Gasteiger partial charge in [0.25, 0.3) is 0 Å². The van der Waals surface area contributed by atoms with E-state index in [4.69, 9.17) is 4.74 Å². The Hall–Kier alpha value is -1.36. The first-order valence-electron chi connectivity index (χ1n) is 8.29. The van der Waals surface area contributed by atoms with Crippen molar-refractivity contribution in [3.8, 4) is 5.88 Å². The lowest BCUT2D eigenvalue weighted by Crippen LogP contribution is -2.39. The first kappa shape index (κ1) is 14.6. The average Bonchev–Trinajstić information content (AvgIpc) is 3.37. The molecule has 0 spiro atoms. The number of aromatic nitrogens is 2. The summed E-state index contributed by atoms with van der Waals surface area (Å²) in [6, 6.07) is 2.67. The lowest BCUT2D eigenvalue weighted by Gasteiger charge is -2.31. The van der Waals surface area contributed by atoms with Crippen molar-refractivity contribution in [1.29, 1.82) is 0 Å². The Kier molecular flexibility index (Phi) is 4.91. The Labute approximate surface area is 127 Å². The van der Waals surface area contributed by atoms with Crippen LogP contribution < -0.4 is 15.0 Å². The topological polar surface area (TPSA) is 50.3 Å². The molecule has 2 heterocycles. The highest BCUT2D eigenvalue weighted by Gasteiger charge is 2.32. The van der Waals surface area contributed by atoms with Crippen molar-refractivity contribution in [3.63, 3.8) is 0 Å². The van der Waals surface area contributed by atoms with E-state index in [2.05, 4.69) is 27.1 Å². The Morgan fingerprint density at radius 1 is 1.33 bits per heavy atom. The first-order chi connectivity index (χ1) is 10.4. The number of hydrogen-bond donors (Lipinski definition) is 1. The predicted molar refractivity (Wildman–Crippen MR) is 83.8 cm³/mol. The van der Waals surface area contributed by atoms with E-state index < -0.39 is 0 Å². The van der Waals surface area contributed by atoms with E-state index in [1.165, 1.54) is 32.2 Å². The van der Waals surface area contributed by atoms with Gasteiger partial charge < -0.3 is 15.0 Å². The van der Waals surface area contributed by atoms with Crippen molar-refractivity contribution < 1.29 is 4.74 Å². The van der Waals surface area contributed by atoms with E-state index in [1.54, 1.807) is 6.33 Å². The maximum atomic E-state index is 5.65. The van der Waals surface area contributed by atoms with E-state index in [9.17, 15) is 0 Å². The van der Waals surface area contributed by atoms with Crippen LogP contribution in [0.2, 0.25) is 0 Å². The van der Waals surface area contributed by atoms with Crippen LogP contribution in [0.3, 0.4) is 0 Å². The van der Waals surface area contributed by atoms with Gasteiger partial charge >= 0.3 is 0 Å². The summed E-state index contributed by atoms with van der Waals surface area (Å²) in [4.78, 5) is 11.2. The standard InChI is InChI=1S/C16H26N4O/c1-2-8-21-16-9-15(18-12-19-16)20(14-5-6-14)11-13-4-3-7-17-10-13/h9,12-14,17H,2-8,10-11H2,1H3. The summed E-state index contributed by atoms with van der Waals surface area (Å²) in [6.07, 6.45) is 7.82. The molecule has 2 aliphatic rings. The van der Waals surface area contributed by atoms with Crippen LogP contribution in [-0.4, -0.2) is 42.3 Å². The van der Waals surface area contributed by atoms with Crippen molar-refractivity contribution >= 4 is 5.82 Å². The first-order valence-corrected chi connectivity index (χ1v) is 8.29. The van der Waals surface area contributed by atoms with E-state index in [1.807, 2.05) is 6.07 Å². The Morgan fingerprint density at radius 3 is 2.95 bits per heavy atom. The van der Waals surface area contributed by atoms with Crippen molar-refractivity contribution in [2.45, 2.75) is 45.1 Å². The van der Waals surface area contributed by atoms with E-state index in [0.717, 1.165) is 31.2 Å². The molecule has 1 unspecified atom stereocenters. The van der Waals surface area contributed by atoms with Gasteiger partial charge in [-0.1, -0.05) is 6.92 Å². The van der Waals surface area contributed by atoms with Crippen LogP contribution in [0.5, 0.6) is 5.88 Å². The van der Waals surface area contributed by atoms with Gasteiger partial charge in [-0.2, -0.15) is 0 Å². The third-order valence-electron chi connectivity index (χ3n) is 4.22. The number of rotatable bonds is 7. The number of anilines is 1. The summed E-state index contributed by atoms with van der Waals surface area (Å²) in [7, 11) is 0. The van der Waals surface area contributed by atoms with Gasteiger partial charge in [0.2, 0.25) is 5.88 Å². The molecule has 1 aliphatic carbocycles. The van der Waals surface area contributed by atoms with Crippen LogP contribution in [0, 0.1) is 5.92 Å². The Morgan fingerprint density at radius 2 is 2.24 bits per heavy atom. The predicted octanol–water partition coefficient (Wildman–Crippen LogP) is 2.23. The van der Waals surface area contributed by atoms with Crippen LogP contribution in [0.1, 0.15) is 39.0 Å². The molecule has 0 bridgehead atoms. The Balaban J connectivity index is 1.67. The molecule has 1 atom stereocenters. The molecule has 0 aromatic carbocycles. The van der Waals surface area contributed by atoms with Crippen LogP contribution in [0.4, 0.5) is 5.82 Å². The second kappa shape index (κ2) is 7.07. The molecule has 21 heavy (non-hydrogen) atoms. The molecular weight excluding hydrogens is 264 g/mol. The van der Waals surface area contributed by atoms with Crippen LogP contribution in [0.15, 0.2) is 12.4 Å². The molecule has 1 aliphatic heterocycles. The lowest BCUT2D eigenvalue weighted by atomic mass is 9.99. The minimum absolute atomic E-state index is 0.667. The summed E-state index contributed by atoms with van der Waals surface area (Å²) >= 11 is 0. The molecule has 5 nitrogen and oxygen atoms in total. The highest BCUT2D eigenvalue weighted by Crippen LogP contribution is 2.32. The van der Waals surface area contributed by atoms with Crippen LogP contribution in [-0.2, 0) is 0 Å². The number of ether oxygens (including phenoxy) is 1. The molecule has 5 heteroatoms. The van der Waals surface area contributed by atoms with Gasteiger partial charge in [-0.05, 0) is 51.1 Å². The molecule has 1 aromatic rings. The van der Waals surface area contributed by atoms with Crippen molar-refractivity contribution in [3.05, 3.63) is 12.4 Å². The summed E-state index contributed by atoms with van der Waals surface area (Å²) in [6.45, 7) is 6.22. The van der Waals surface area contributed by atoms with Crippen molar-refractivity contribution in [1.82, 2.24) is 15.3 Å². The van der Waals surface area contributed by atoms with Gasteiger partial charge in [-0.15, -0.1) is 0 Å². The molecule has 116 valence electrons. The maximum Gasteiger partial charge on any atom is 0.218 e. The zero-order valence-corrected chi connectivity index (χ0v) is 12.9. The summed E-state index contributed by atoms with van der Waals surface area (Å²) in [5.74, 6) is 2.47. The fraction of sp³-hybridized carbons (Fsp3) is 0.750. The smallest absolute Gasteiger partial charge is 0.218 e. The molecule has 1 N–H and O–H groups in total. The highest BCUT2D eigenvalue weighted by atomic mass is 16.5. The van der Waals surface area contributed by atoms with Gasteiger partial charge in [-0.25, -0.2) is 9.97 Å². The van der Waals surface area contributed by atoms with Crippen molar-refractivity contribution in [2.24, 2.45) is 5.92 Å². The van der Waals surface area contributed by atoms with E-state index in [0.29, 0.717) is 18.5 Å². The monoisotopic (exact) mass is 290 g/mol. The molecule has 2 fully saturated rings. The summed E-state index contributed by atoms with van der Waals surface area (Å²) < 4.78 is 5.65. The molecular formula is C16H26N4O. The normalized spacial score (nSPS) is 22.0. The van der Waals surface area contributed by atoms with Crippen molar-refractivity contribution in [2.75, 3.05) is 31.1 Å². The van der Waals surface area contributed by atoms with E-state index in [-0.39, 0.29) is 0 Å². The summed E-state index contributed by atoms with van der Waals surface area (Å²) in [5.41, 5.74) is 0. The fourth-order valence-electron chi connectivity index (χ4n) is 2.95. The number of hydrogen-bond acceptors (Lipinski definition) is 5. The minimum Gasteiger partial charge on any atom is -0.478 e. The van der Waals surface area contributed by atoms with Gasteiger partial charge in [0, 0.05) is 18.7 Å². The average molecular weight is 290 g/mol. The van der Waals surface area contributed by atoms with Gasteiger partial charge in [-0.3, -0.25) is 0 Å². The largest absolute Gasteiger partial charge is 0.478 e. The van der Waals surface area contributed by atoms with Gasteiger partial charge in [0.05, 0.1) is 6.61 Å². The SMILES string of the molecule is CCCOc1cc(N(CC2CCCNC2)C2CC2)ncn1. The molecule has 0 amide bonds. The third-order valence-corrected chi connectivity index (χ3v) is 4.22. The zero-order valence-electron chi connectivity index (χ0n) is 12.9. The third kappa shape index (κ3) is 4.06. The lowest BCUT2D eigenvalue weighted by molar-refractivity contribution is 0.304. The highest BCUT2D eigenvalue weighted by molar-refractivity contribution is 5.43. The van der Waals surface area contributed by atoms with Crippen LogP contribution in [0.25, 0.3) is 0 Å². The quantitative estimate of drug-likeness (QED) is 0.834. The number of nitrogens with one attached hydrogen (secondary N) is 1. The second-order valence-corrected chi connectivity index (χ2v) is 6.16. The van der Waals surface area contributed by atoms with E-state index >= 15 is 0 Å². The second-order valence-electron chi connectivity index (χ2n) is 6.16.